The van der Waals surface area contributed by atoms with Gasteiger partial charge in [-0.2, -0.15) is 0 Å². The van der Waals surface area contributed by atoms with Crippen LogP contribution in [0.25, 0.3) is 0 Å². The molecule has 2 saturated heterocycles. The van der Waals surface area contributed by atoms with E-state index in [9.17, 15) is 4.79 Å². The highest BCUT2D eigenvalue weighted by molar-refractivity contribution is 5.76. The molecular weight excluding hydrogens is 384 g/mol. The van der Waals surface area contributed by atoms with Crippen LogP contribution >= 0.6 is 0 Å². The summed E-state index contributed by atoms with van der Waals surface area (Å²) in [5, 5.41) is 0. The lowest BCUT2D eigenvalue weighted by atomic mass is 9.70. The van der Waals surface area contributed by atoms with Crippen LogP contribution in [0.15, 0.2) is 0 Å². The molecule has 2 aliphatic heterocycles. The van der Waals surface area contributed by atoms with Crippen LogP contribution in [0.2, 0.25) is 0 Å². The van der Waals surface area contributed by atoms with E-state index in [1.165, 1.54) is 19.3 Å². The summed E-state index contributed by atoms with van der Waals surface area (Å²) in [6, 6.07) is 0. The summed E-state index contributed by atoms with van der Waals surface area (Å²) < 4.78 is 30.4. The van der Waals surface area contributed by atoms with Crippen molar-refractivity contribution in [1.82, 2.24) is 0 Å². The first kappa shape index (κ1) is 22.5. The largest absolute Gasteiger partial charge is 0.457 e. The number of carbonyl (C=O) groups excluding carboxylic acids is 1. The molecule has 4 fully saturated rings. The Hall–Kier alpha value is -0.690. The summed E-state index contributed by atoms with van der Waals surface area (Å²) in [5.41, 5.74) is -0.0805. The second kappa shape index (κ2) is 7.72. The predicted molar refractivity (Wildman–Crippen MR) is 112 cm³/mol. The minimum Gasteiger partial charge on any atom is -0.457 e. The van der Waals surface area contributed by atoms with Gasteiger partial charge in [-0.25, -0.2) is 0 Å². The Labute approximate surface area is 181 Å². The van der Waals surface area contributed by atoms with Crippen LogP contribution in [0.1, 0.15) is 74.1 Å². The molecule has 2 bridgehead atoms. The van der Waals surface area contributed by atoms with Crippen molar-refractivity contribution in [2.75, 3.05) is 13.2 Å². The molecule has 30 heavy (non-hydrogen) atoms. The number of fused-ring (bicyclic) bond motifs is 3. The van der Waals surface area contributed by atoms with Gasteiger partial charge in [0.15, 0.2) is 12.4 Å². The quantitative estimate of drug-likeness (QED) is 0.453. The van der Waals surface area contributed by atoms with Crippen LogP contribution in [-0.4, -0.2) is 56.0 Å². The van der Waals surface area contributed by atoms with E-state index >= 15 is 0 Å². The first-order valence-electron chi connectivity index (χ1n) is 11.7. The van der Waals surface area contributed by atoms with E-state index < -0.39 is 5.41 Å². The Morgan fingerprint density at radius 2 is 1.73 bits per heavy atom. The van der Waals surface area contributed by atoms with E-state index in [2.05, 4.69) is 20.8 Å². The maximum atomic E-state index is 12.5. The first-order valence-corrected chi connectivity index (χ1v) is 11.7. The van der Waals surface area contributed by atoms with Gasteiger partial charge in [0.2, 0.25) is 0 Å². The highest BCUT2D eigenvalue weighted by Gasteiger charge is 2.60. The van der Waals surface area contributed by atoms with Crippen molar-refractivity contribution in [3.8, 4) is 0 Å². The van der Waals surface area contributed by atoms with E-state index in [0.717, 1.165) is 12.3 Å². The topological polar surface area (TPSA) is 63.2 Å². The van der Waals surface area contributed by atoms with Crippen LogP contribution in [0.3, 0.4) is 0 Å². The summed E-state index contributed by atoms with van der Waals surface area (Å²) >= 11 is 0. The molecule has 8 unspecified atom stereocenters. The molecule has 0 aromatic rings. The van der Waals surface area contributed by atoms with Crippen LogP contribution < -0.4 is 0 Å². The zero-order valence-electron chi connectivity index (χ0n) is 19.7. The Balaban J connectivity index is 1.32. The summed E-state index contributed by atoms with van der Waals surface area (Å²) in [4.78, 5) is 12.5. The average Bonchev–Trinajstić information content (AvgIpc) is 3.40. The van der Waals surface area contributed by atoms with Crippen LogP contribution in [0.4, 0.5) is 0 Å². The van der Waals surface area contributed by atoms with Crippen molar-refractivity contribution >= 4 is 5.97 Å². The number of rotatable bonds is 7. The van der Waals surface area contributed by atoms with Gasteiger partial charge >= 0.3 is 5.97 Å². The minimum absolute atomic E-state index is 0.175. The van der Waals surface area contributed by atoms with Crippen molar-refractivity contribution in [2.24, 2.45) is 22.2 Å². The SMILES string of the molecule is CCC(C)(C)C(=O)OC1COC2C(OC(C)OC3C4(C)CCC(C4)C3(C)C)COC12. The molecule has 0 spiro atoms. The zero-order valence-corrected chi connectivity index (χ0v) is 19.7. The lowest BCUT2D eigenvalue weighted by Gasteiger charge is -2.43. The van der Waals surface area contributed by atoms with E-state index in [1.54, 1.807) is 0 Å². The summed E-state index contributed by atoms with van der Waals surface area (Å²) in [7, 11) is 0. The number of hydrogen-bond acceptors (Lipinski definition) is 6. The van der Waals surface area contributed by atoms with Crippen molar-refractivity contribution in [3.63, 3.8) is 0 Å². The van der Waals surface area contributed by atoms with Crippen LogP contribution in [0.5, 0.6) is 0 Å². The van der Waals surface area contributed by atoms with Crippen molar-refractivity contribution in [1.29, 1.82) is 0 Å². The monoisotopic (exact) mass is 424 g/mol. The van der Waals surface area contributed by atoms with Gasteiger partial charge in [0.25, 0.3) is 0 Å². The summed E-state index contributed by atoms with van der Waals surface area (Å²) in [6.45, 7) is 15.6. The maximum absolute atomic E-state index is 12.5. The molecule has 2 saturated carbocycles. The third-order valence-electron chi connectivity index (χ3n) is 8.49. The highest BCUT2D eigenvalue weighted by Crippen LogP contribution is 2.63. The van der Waals surface area contributed by atoms with Gasteiger partial charge in [0.05, 0.1) is 24.7 Å². The van der Waals surface area contributed by atoms with Crippen LogP contribution in [-0.2, 0) is 28.5 Å². The van der Waals surface area contributed by atoms with Gasteiger partial charge in [0.1, 0.15) is 18.3 Å². The smallest absolute Gasteiger partial charge is 0.311 e. The zero-order chi connectivity index (χ0) is 21.9. The molecule has 2 aliphatic carbocycles. The number of hydrogen-bond donors (Lipinski definition) is 0. The molecule has 0 aromatic heterocycles. The maximum Gasteiger partial charge on any atom is 0.311 e. The molecule has 4 aliphatic rings. The number of esters is 1. The molecule has 8 atom stereocenters. The average molecular weight is 425 g/mol. The third-order valence-corrected chi connectivity index (χ3v) is 8.49. The molecule has 0 amide bonds. The molecule has 0 radical (unpaired) electrons. The number of carbonyl (C=O) groups is 1. The van der Waals surface area contributed by atoms with E-state index in [0.29, 0.717) is 13.2 Å². The second-order valence-electron chi connectivity index (χ2n) is 11.5. The fraction of sp³-hybridized carbons (Fsp3) is 0.958. The van der Waals surface area contributed by atoms with E-state index in [4.69, 9.17) is 23.7 Å². The Kier molecular flexibility index (Phi) is 5.79. The standard InChI is InChI=1S/C24H40O6/c1-8-22(3,4)21(25)30-17-13-27-18-16(12-26-19(17)18)28-14(2)29-20-23(5,6)15-9-10-24(20,7)11-15/h14-20H,8-13H2,1-7H3. The first-order chi connectivity index (χ1) is 14.0. The molecule has 0 aromatic carbocycles. The highest BCUT2D eigenvalue weighted by atomic mass is 16.7. The molecule has 6 nitrogen and oxygen atoms in total. The predicted octanol–water partition coefficient (Wildman–Crippen LogP) is 4.09. The van der Waals surface area contributed by atoms with Gasteiger partial charge < -0.3 is 23.7 Å². The molecule has 4 rings (SSSR count). The van der Waals surface area contributed by atoms with Crippen molar-refractivity contribution in [3.05, 3.63) is 0 Å². The van der Waals surface area contributed by atoms with Gasteiger partial charge in [0, 0.05) is 0 Å². The van der Waals surface area contributed by atoms with Crippen molar-refractivity contribution in [2.45, 2.75) is 111 Å². The summed E-state index contributed by atoms with van der Waals surface area (Å²) in [5.74, 6) is 0.538. The molecule has 2 heterocycles. The third kappa shape index (κ3) is 3.72. The lowest BCUT2D eigenvalue weighted by Crippen LogP contribution is -2.45. The van der Waals surface area contributed by atoms with Gasteiger partial charge in [-0.05, 0) is 63.2 Å². The van der Waals surface area contributed by atoms with E-state index in [1.807, 2.05) is 27.7 Å². The Bertz CT molecular complexity index is 655. The van der Waals surface area contributed by atoms with Gasteiger partial charge in [-0.1, -0.05) is 27.7 Å². The fourth-order valence-corrected chi connectivity index (χ4v) is 6.15. The Morgan fingerprint density at radius 3 is 2.33 bits per heavy atom. The van der Waals surface area contributed by atoms with Crippen molar-refractivity contribution < 1.29 is 28.5 Å². The van der Waals surface area contributed by atoms with Gasteiger partial charge in [-0.15, -0.1) is 0 Å². The molecule has 6 heteroatoms. The normalized spacial score (nSPS) is 43.0. The molecule has 172 valence electrons. The Morgan fingerprint density at radius 1 is 1.10 bits per heavy atom. The lowest BCUT2D eigenvalue weighted by molar-refractivity contribution is -0.234. The minimum atomic E-state index is -0.501. The molecule has 0 N–H and O–H groups in total. The molecular formula is C24H40O6. The van der Waals surface area contributed by atoms with E-state index in [-0.39, 0.29) is 53.6 Å². The summed E-state index contributed by atoms with van der Waals surface area (Å²) in [6.07, 6.45) is 3.32. The second-order valence-corrected chi connectivity index (χ2v) is 11.5. The number of ether oxygens (including phenoxy) is 5. The van der Waals surface area contributed by atoms with Gasteiger partial charge in [-0.3, -0.25) is 4.79 Å². The fourth-order valence-electron chi connectivity index (χ4n) is 6.15. The van der Waals surface area contributed by atoms with Crippen LogP contribution in [0, 0.1) is 22.2 Å².